The third-order valence-corrected chi connectivity index (χ3v) is 2.65. The van der Waals surface area contributed by atoms with Crippen LogP contribution in [0.3, 0.4) is 0 Å². The molecule has 0 aromatic rings. The molecule has 1 N–H and O–H groups in total. The third-order valence-electron chi connectivity index (χ3n) is 2.65. The molecule has 3 heteroatoms. The van der Waals surface area contributed by atoms with Crippen molar-refractivity contribution >= 4 is 5.97 Å². The minimum Gasteiger partial charge on any atom is -0.481 e. The molecule has 0 aliphatic carbocycles. The summed E-state index contributed by atoms with van der Waals surface area (Å²) in [6.07, 6.45) is 15.4. The van der Waals surface area contributed by atoms with E-state index >= 15 is 0 Å². The molecule has 0 radical (unpaired) electrons. The molecule has 0 atom stereocenters. The molecule has 96 valence electrons. The second kappa shape index (κ2) is 15.8. The van der Waals surface area contributed by atoms with Gasteiger partial charge >= 0.3 is 5.97 Å². The van der Waals surface area contributed by atoms with Gasteiger partial charge in [0.2, 0.25) is 0 Å². The number of allylic oxidation sites excluding steroid dienone is 2. The summed E-state index contributed by atoms with van der Waals surface area (Å²) in [6, 6.07) is 0. The van der Waals surface area contributed by atoms with E-state index in [0.717, 1.165) is 12.8 Å². The van der Waals surface area contributed by atoms with Crippen molar-refractivity contribution in [3.63, 3.8) is 0 Å². The molecule has 0 heterocycles. The van der Waals surface area contributed by atoms with Crippen molar-refractivity contribution in [1.82, 2.24) is 0 Å². The Bertz CT molecular complexity index is 191. The summed E-state index contributed by atoms with van der Waals surface area (Å²) < 4.78 is 0. The van der Waals surface area contributed by atoms with Crippen LogP contribution in [-0.2, 0) is 24.3 Å². The van der Waals surface area contributed by atoms with Crippen LogP contribution in [0.2, 0.25) is 0 Å². The largest absolute Gasteiger partial charge is 0.481 e. The number of carboxylic acids is 1. The van der Waals surface area contributed by atoms with Gasteiger partial charge in [-0.3, -0.25) is 4.79 Å². The molecule has 0 fully saturated rings. The summed E-state index contributed by atoms with van der Waals surface area (Å²) in [5.41, 5.74) is 0. The summed E-state index contributed by atoms with van der Waals surface area (Å²) >= 11 is 0. The van der Waals surface area contributed by atoms with E-state index in [1.54, 1.807) is 0 Å². The second-order valence-electron chi connectivity index (χ2n) is 4.31. The zero-order valence-corrected chi connectivity index (χ0v) is 14.3. The first-order chi connectivity index (χ1) is 7.77. The minimum absolute atomic E-state index is 0. The number of carboxylic acid groups (broad SMARTS) is 1. The van der Waals surface area contributed by atoms with Gasteiger partial charge in [-0.2, -0.15) is 0 Å². The van der Waals surface area contributed by atoms with E-state index in [0.29, 0.717) is 6.42 Å². The van der Waals surface area contributed by atoms with Crippen LogP contribution in [0.1, 0.15) is 71.1 Å². The fourth-order valence-electron chi connectivity index (χ4n) is 1.63. The Morgan fingerprint density at radius 2 is 1.47 bits per heavy atom. The number of hydrogen-bond donors (Lipinski definition) is 1. The maximum absolute atomic E-state index is 10.3. The zero-order valence-electron chi connectivity index (χ0n) is 11.3. The molecule has 0 saturated carbocycles. The van der Waals surface area contributed by atoms with Gasteiger partial charge in [0.15, 0.2) is 0 Å². The average Bonchev–Trinajstić information content (AvgIpc) is 2.25. The smallest absolute Gasteiger partial charge is 0.303 e. The van der Waals surface area contributed by atoms with E-state index in [2.05, 4.69) is 19.1 Å². The maximum Gasteiger partial charge on any atom is 0.303 e. The zero-order chi connectivity index (χ0) is 12.1. The molecule has 0 aromatic carbocycles. The second-order valence-corrected chi connectivity index (χ2v) is 4.31. The van der Waals surface area contributed by atoms with Crippen LogP contribution in [0.25, 0.3) is 0 Å². The van der Waals surface area contributed by atoms with Crippen LogP contribution in [0.4, 0.5) is 0 Å². The topological polar surface area (TPSA) is 37.3 Å². The average molecular weight is 292 g/mol. The fourth-order valence-corrected chi connectivity index (χ4v) is 1.63. The van der Waals surface area contributed by atoms with Gasteiger partial charge in [0.1, 0.15) is 0 Å². The van der Waals surface area contributed by atoms with E-state index in [1.807, 2.05) is 0 Å². The molecular formula is C14H26O2Zn. The Morgan fingerprint density at radius 1 is 0.941 bits per heavy atom. The first-order valence-corrected chi connectivity index (χ1v) is 6.64. The Morgan fingerprint density at radius 3 is 2.06 bits per heavy atom. The number of aliphatic carboxylic acids is 1. The molecule has 2 nitrogen and oxygen atoms in total. The predicted octanol–water partition coefficient (Wildman–Crippen LogP) is 4.55. The van der Waals surface area contributed by atoms with Gasteiger partial charge in [-0.1, -0.05) is 51.2 Å². The SMILES string of the molecule is CCCCC=CCCCCCCCC(=O)O.[Zn]. The van der Waals surface area contributed by atoms with Crippen molar-refractivity contribution in [2.75, 3.05) is 0 Å². The summed E-state index contributed by atoms with van der Waals surface area (Å²) in [4.78, 5) is 10.3. The first-order valence-electron chi connectivity index (χ1n) is 6.64. The normalized spacial score (nSPS) is 10.4. The van der Waals surface area contributed by atoms with Crippen molar-refractivity contribution in [3.05, 3.63) is 12.2 Å². The Kier molecular flexibility index (Phi) is 17.9. The third kappa shape index (κ3) is 18.4. The van der Waals surface area contributed by atoms with E-state index in [9.17, 15) is 4.79 Å². The molecule has 0 unspecified atom stereocenters. The standard InChI is InChI=1S/C14H26O2.Zn/c1-2-3-4-5-6-7-8-9-10-11-12-13-14(15)16;/h5-6H,2-4,7-13H2,1H3,(H,15,16);. The molecule has 0 aliphatic heterocycles. The summed E-state index contributed by atoms with van der Waals surface area (Å²) in [6.45, 7) is 2.21. The van der Waals surface area contributed by atoms with Gasteiger partial charge in [0, 0.05) is 25.9 Å². The summed E-state index contributed by atoms with van der Waals surface area (Å²) in [5, 5.41) is 8.45. The molecular weight excluding hydrogens is 266 g/mol. The molecule has 0 spiro atoms. The van der Waals surface area contributed by atoms with Gasteiger partial charge in [-0.05, 0) is 25.7 Å². The molecule has 17 heavy (non-hydrogen) atoms. The molecule has 0 rings (SSSR count). The van der Waals surface area contributed by atoms with Crippen LogP contribution < -0.4 is 0 Å². The van der Waals surface area contributed by atoms with Crippen molar-refractivity contribution in [3.8, 4) is 0 Å². The van der Waals surface area contributed by atoms with Crippen molar-refractivity contribution in [2.24, 2.45) is 0 Å². The molecule has 0 bridgehead atoms. The van der Waals surface area contributed by atoms with Crippen LogP contribution in [0.5, 0.6) is 0 Å². The van der Waals surface area contributed by atoms with Crippen LogP contribution >= 0.6 is 0 Å². The summed E-state index contributed by atoms with van der Waals surface area (Å²) in [5.74, 6) is -0.668. The summed E-state index contributed by atoms with van der Waals surface area (Å²) in [7, 11) is 0. The number of rotatable bonds is 11. The first kappa shape index (κ1) is 19.2. The van der Waals surface area contributed by atoms with Crippen molar-refractivity contribution in [1.29, 1.82) is 0 Å². The van der Waals surface area contributed by atoms with Gasteiger partial charge in [0.05, 0.1) is 0 Å². The van der Waals surface area contributed by atoms with Gasteiger partial charge in [-0.15, -0.1) is 0 Å². The van der Waals surface area contributed by atoms with Gasteiger partial charge in [-0.25, -0.2) is 0 Å². The van der Waals surface area contributed by atoms with E-state index in [-0.39, 0.29) is 19.5 Å². The van der Waals surface area contributed by atoms with Crippen LogP contribution in [-0.4, -0.2) is 11.1 Å². The monoisotopic (exact) mass is 290 g/mol. The Labute approximate surface area is 119 Å². The Balaban J connectivity index is 0. The quantitative estimate of drug-likeness (QED) is 0.344. The van der Waals surface area contributed by atoms with Crippen LogP contribution in [0.15, 0.2) is 12.2 Å². The fraction of sp³-hybridized carbons (Fsp3) is 0.786. The van der Waals surface area contributed by atoms with E-state index in [1.165, 1.54) is 44.9 Å². The van der Waals surface area contributed by atoms with Crippen molar-refractivity contribution < 1.29 is 29.4 Å². The molecule has 0 saturated heterocycles. The van der Waals surface area contributed by atoms with Gasteiger partial charge < -0.3 is 5.11 Å². The maximum atomic E-state index is 10.3. The van der Waals surface area contributed by atoms with Gasteiger partial charge in [0.25, 0.3) is 0 Å². The van der Waals surface area contributed by atoms with E-state index < -0.39 is 5.97 Å². The number of hydrogen-bond acceptors (Lipinski definition) is 1. The van der Waals surface area contributed by atoms with Crippen LogP contribution in [0, 0.1) is 0 Å². The van der Waals surface area contributed by atoms with E-state index in [4.69, 9.17) is 5.11 Å². The number of unbranched alkanes of at least 4 members (excludes halogenated alkanes) is 7. The molecule has 0 amide bonds. The predicted molar refractivity (Wildman–Crippen MR) is 68.6 cm³/mol. The minimum atomic E-state index is -0.668. The van der Waals surface area contributed by atoms with Crippen molar-refractivity contribution in [2.45, 2.75) is 71.1 Å². The molecule has 0 aliphatic rings. The molecule has 0 aromatic heterocycles. The Hall–Kier alpha value is -0.167. The number of carbonyl (C=O) groups is 1.